The molecule has 0 saturated heterocycles. The molecular formula is C21H21N3O7. The van der Waals surface area contributed by atoms with Crippen molar-refractivity contribution in [3.63, 3.8) is 0 Å². The molecule has 3 rings (SSSR count). The van der Waals surface area contributed by atoms with Crippen LogP contribution in [0.25, 0.3) is 11.3 Å². The normalized spacial score (nSPS) is 11.6. The van der Waals surface area contributed by atoms with E-state index < -0.39 is 29.2 Å². The minimum absolute atomic E-state index is 0.176. The highest BCUT2D eigenvalue weighted by molar-refractivity contribution is 5.92. The molecule has 3 aromatic rings. The standard InChI is InChI=1S/C21H21N3O7/c1-29-12-6-4-11(5-7-12)18-14(10-23-24-18)13(8-16(25)30-2)17-19(26)15(21(28)31-3)9-22-20(17)27/h4-7,9-10,13H,8H2,1-3H3,(H,23,24)(H2,22,26,27)/t13-/m1/s1. The molecule has 0 amide bonds. The van der Waals surface area contributed by atoms with Crippen LogP contribution in [0.1, 0.15) is 33.8 Å². The number of pyridine rings is 1. The molecule has 10 nitrogen and oxygen atoms in total. The topological polar surface area (TPSA) is 144 Å². The Hall–Kier alpha value is -4.08. The van der Waals surface area contributed by atoms with Crippen molar-refractivity contribution in [2.24, 2.45) is 0 Å². The van der Waals surface area contributed by atoms with E-state index in [1.165, 1.54) is 13.3 Å². The number of carbonyl (C=O) groups excluding carboxylic acids is 2. The maximum absolute atomic E-state index is 12.7. The van der Waals surface area contributed by atoms with E-state index in [0.29, 0.717) is 22.6 Å². The van der Waals surface area contributed by atoms with Crippen LogP contribution in [0.4, 0.5) is 0 Å². The van der Waals surface area contributed by atoms with Crippen LogP contribution >= 0.6 is 0 Å². The van der Waals surface area contributed by atoms with Crippen molar-refractivity contribution in [1.82, 2.24) is 15.2 Å². The molecule has 0 fully saturated rings. The van der Waals surface area contributed by atoms with Gasteiger partial charge in [-0.2, -0.15) is 5.10 Å². The predicted molar refractivity (Wildman–Crippen MR) is 109 cm³/mol. The average molecular weight is 427 g/mol. The fraction of sp³-hybridized carbons (Fsp3) is 0.238. The first-order valence-corrected chi connectivity index (χ1v) is 9.18. The van der Waals surface area contributed by atoms with Crippen molar-refractivity contribution in [2.45, 2.75) is 12.3 Å². The number of esters is 2. The van der Waals surface area contributed by atoms with Gasteiger partial charge in [0.2, 0.25) is 0 Å². The Morgan fingerprint density at radius 2 is 1.84 bits per heavy atom. The Labute approximate surface area is 176 Å². The summed E-state index contributed by atoms with van der Waals surface area (Å²) in [6.45, 7) is 0. The van der Waals surface area contributed by atoms with Crippen molar-refractivity contribution in [3.8, 4) is 22.8 Å². The van der Waals surface area contributed by atoms with Crippen LogP contribution in [0.2, 0.25) is 0 Å². The summed E-state index contributed by atoms with van der Waals surface area (Å²) in [6, 6.07) is 7.05. The van der Waals surface area contributed by atoms with E-state index in [1.807, 2.05) is 0 Å². The van der Waals surface area contributed by atoms with Crippen molar-refractivity contribution in [2.75, 3.05) is 21.3 Å². The van der Waals surface area contributed by atoms with Crippen molar-refractivity contribution >= 4 is 11.9 Å². The lowest BCUT2D eigenvalue weighted by Crippen LogP contribution is -2.22. The minimum atomic E-state index is -0.961. The molecule has 3 N–H and O–H groups in total. The molecule has 0 saturated carbocycles. The molecule has 0 aliphatic carbocycles. The maximum Gasteiger partial charge on any atom is 0.343 e. The van der Waals surface area contributed by atoms with Crippen LogP contribution in [0.15, 0.2) is 41.5 Å². The minimum Gasteiger partial charge on any atom is -0.506 e. The summed E-state index contributed by atoms with van der Waals surface area (Å²) in [5, 5.41) is 17.7. The molecule has 0 radical (unpaired) electrons. The van der Waals surface area contributed by atoms with Gasteiger partial charge in [0, 0.05) is 23.2 Å². The highest BCUT2D eigenvalue weighted by Crippen LogP contribution is 2.38. The van der Waals surface area contributed by atoms with E-state index >= 15 is 0 Å². The van der Waals surface area contributed by atoms with Gasteiger partial charge in [-0.15, -0.1) is 0 Å². The van der Waals surface area contributed by atoms with E-state index in [2.05, 4.69) is 19.9 Å². The summed E-state index contributed by atoms with van der Waals surface area (Å²) in [5.41, 5.74) is 0.618. The molecule has 0 unspecified atom stereocenters. The van der Waals surface area contributed by atoms with Gasteiger partial charge in [-0.3, -0.25) is 14.7 Å². The molecule has 0 aliphatic rings. The van der Waals surface area contributed by atoms with Gasteiger partial charge in [-0.05, 0) is 24.3 Å². The summed E-state index contributed by atoms with van der Waals surface area (Å²) in [7, 11) is 3.91. The number of H-pyrrole nitrogens is 2. The van der Waals surface area contributed by atoms with Gasteiger partial charge in [0.1, 0.15) is 17.1 Å². The second kappa shape index (κ2) is 9.16. The summed E-state index contributed by atoms with van der Waals surface area (Å²) in [4.78, 5) is 39.3. The number of aromatic amines is 2. The summed E-state index contributed by atoms with van der Waals surface area (Å²) in [5.74, 6) is -2.35. The third kappa shape index (κ3) is 4.27. The first-order valence-electron chi connectivity index (χ1n) is 9.18. The van der Waals surface area contributed by atoms with E-state index in [0.717, 1.165) is 13.3 Å². The number of aromatic nitrogens is 3. The molecule has 10 heteroatoms. The van der Waals surface area contributed by atoms with Gasteiger partial charge in [-0.1, -0.05) is 0 Å². The number of hydrogen-bond acceptors (Lipinski definition) is 8. The van der Waals surface area contributed by atoms with Crippen molar-refractivity contribution in [1.29, 1.82) is 0 Å². The number of carbonyl (C=O) groups is 2. The third-order valence-electron chi connectivity index (χ3n) is 4.88. The summed E-state index contributed by atoms with van der Waals surface area (Å²) < 4.78 is 14.6. The number of ether oxygens (including phenoxy) is 3. The highest BCUT2D eigenvalue weighted by Gasteiger charge is 2.31. The van der Waals surface area contributed by atoms with Crippen LogP contribution in [0, 0.1) is 0 Å². The largest absolute Gasteiger partial charge is 0.506 e. The van der Waals surface area contributed by atoms with E-state index in [4.69, 9.17) is 9.47 Å². The zero-order chi connectivity index (χ0) is 22.5. The van der Waals surface area contributed by atoms with Crippen molar-refractivity contribution < 1.29 is 28.9 Å². The molecule has 0 aliphatic heterocycles. The lowest BCUT2D eigenvalue weighted by molar-refractivity contribution is -0.140. The molecule has 0 spiro atoms. The fourth-order valence-corrected chi connectivity index (χ4v) is 3.29. The van der Waals surface area contributed by atoms with E-state index in [9.17, 15) is 19.5 Å². The van der Waals surface area contributed by atoms with Crippen molar-refractivity contribution in [3.05, 3.63) is 63.7 Å². The fourth-order valence-electron chi connectivity index (χ4n) is 3.29. The van der Waals surface area contributed by atoms with Crippen LogP contribution in [0.3, 0.4) is 0 Å². The Morgan fingerprint density at radius 3 is 2.45 bits per heavy atom. The Kier molecular flexibility index (Phi) is 6.39. The highest BCUT2D eigenvalue weighted by atomic mass is 16.5. The Balaban J connectivity index is 2.19. The zero-order valence-electron chi connectivity index (χ0n) is 17.1. The molecule has 2 aromatic heterocycles. The second-order valence-corrected chi connectivity index (χ2v) is 6.55. The molecule has 0 bridgehead atoms. The lowest BCUT2D eigenvalue weighted by Gasteiger charge is -2.18. The van der Waals surface area contributed by atoms with E-state index in [-0.39, 0.29) is 17.5 Å². The smallest absolute Gasteiger partial charge is 0.343 e. The average Bonchev–Trinajstić information content (AvgIpc) is 3.27. The van der Waals surface area contributed by atoms with Gasteiger partial charge in [0.25, 0.3) is 5.56 Å². The van der Waals surface area contributed by atoms with Crippen LogP contribution in [-0.4, -0.2) is 53.6 Å². The number of nitrogens with zero attached hydrogens (tertiary/aromatic N) is 1. The predicted octanol–water partition coefficient (Wildman–Crippen LogP) is 1.96. The first kappa shape index (κ1) is 21.6. The van der Waals surface area contributed by atoms with Gasteiger partial charge >= 0.3 is 11.9 Å². The molecule has 2 heterocycles. The quantitative estimate of drug-likeness (QED) is 0.486. The molecule has 162 valence electrons. The number of benzene rings is 1. The first-order chi connectivity index (χ1) is 14.9. The maximum atomic E-state index is 12.7. The molecule has 1 atom stereocenters. The van der Waals surface area contributed by atoms with Crippen LogP contribution < -0.4 is 10.3 Å². The number of hydrogen-bond donors (Lipinski definition) is 3. The number of rotatable bonds is 7. The molecule has 1 aromatic carbocycles. The Morgan fingerprint density at radius 1 is 1.13 bits per heavy atom. The van der Waals surface area contributed by atoms with Gasteiger partial charge in [0.05, 0.1) is 45.2 Å². The van der Waals surface area contributed by atoms with E-state index in [1.54, 1.807) is 31.4 Å². The van der Waals surface area contributed by atoms with Gasteiger partial charge in [-0.25, -0.2) is 4.79 Å². The van der Waals surface area contributed by atoms with Crippen LogP contribution in [0.5, 0.6) is 11.5 Å². The Bertz CT molecular complexity index is 1150. The number of methoxy groups -OCH3 is 3. The SMILES string of the molecule is COC(=O)C[C@H](c1cn[nH]c1-c1ccc(OC)cc1)c1c(O)c(C(=O)OC)c[nH]c1=O. The third-order valence-corrected chi connectivity index (χ3v) is 4.88. The zero-order valence-corrected chi connectivity index (χ0v) is 17.1. The lowest BCUT2D eigenvalue weighted by atomic mass is 9.86. The van der Waals surface area contributed by atoms with Gasteiger partial charge < -0.3 is 24.3 Å². The van der Waals surface area contributed by atoms with Gasteiger partial charge in [0.15, 0.2) is 0 Å². The molecular weight excluding hydrogens is 406 g/mol. The molecule has 31 heavy (non-hydrogen) atoms. The monoisotopic (exact) mass is 427 g/mol. The second-order valence-electron chi connectivity index (χ2n) is 6.55. The van der Waals surface area contributed by atoms with Crippen LogP contribution in [-0.2, 0) is 14.3 Å². The summed E-state index contributed by atoms with van der Waals surface area (Å²) in [6.07, 6.45) is 2.24. The number of aromatic hydroxyl groups is 1. The number of nitrogens with one attached hydrogen (secondary N) is 2. The summed E-state index contributed by atoms with van der Waals surface area (Å²) >= 11 is 0.